The van der Waals surface area contributed by atoms with E-state index in [-0.39, 0.29) is 28.8 Å². The third kappa shape index (κ3) is 7.55. The Hall–Kier alpha value is -2.93. The maximum absolute atomic E-state index is 13.0. The van der Waals surface area contributed by atoms with Crippen LogP contribution in [-0.4, -0.2) is 37.7 Å². The number of aliphatic hydroxyl groups is 1. The molecule has 1 atom stereocenters. The van der Waals surface area contributed by atoms with E-state index in [9.17, 15) is 14.7 Å². The summed E-state index contributed by atoms with van der Waals surface area (Å²) in [4.78, 5) is 38.8. The maximum Gasteiger partial charge on any atom is 0.205 e. The van der Waals surface area contributed by atoms with Crippen LogP contribution >= 0.6 is 0 Å². The molecular formula is C27H38N4O3. The minimum absolute atomic E-state index is 0.0268. The van der Waals surface area contributed by atoms with E-state index in [0.717, 1.165) is 17.7 Å². The average Bonchev–Trinajstić information content (AvgIpc) is 2.75. The van der Waals surface area contributed by atoms with E-state index in [4.69, 9.17) is 5.73 Å². The van der Waals surface area contributed by atoms with Crippen molar-refractivity contribution >= 4 is 23.3 Å². The number of nitrogens with zero attached hydrogens (tertiary/aromatic N) is 3. The smallest absolute Gasteiger partial charge is 0.205 e. The summed E-state index contributed by atoms with van der Waals surface area (Å²) in [5, 5.41) is 10.3. The zero-order valence-electron chi connectivity index (χ0n) is 21.5. The molecule has 0 fully saturated rings. The van der Waals surface area contributed by atoms with Gasteiger partial charge in [0.05, 0.1) is 17.5 Å². The highest BCUT2D eigenvalue weighted by atomic mass is 16.3. The van der Waals surface area contributed by atoms with E-state index < -0.39 is 16.9 Å². The molecule has 184 valence electrons. The number of nitrogen functional groups attached to an aromatic ring is 1. The van der Waals surface area contributed by atoms with Crippen molar-refractivity contribution in [3.05, 3.63) is 52.9 Å². The van der Waals surface area contributed by atoms with Gasteiger partial charge in [-0.15, -0.1) is 0 Å². The molecule has 0 saturated heterocycles. The van der Waals surface area contributed by atoms with Crippen molar-refractivity contribution in [2.45, 2.75) is 80.3 Å². The molecule has 2 rings (SSSR count). The van der Waals surface area contributed by atoms with Gasteiger partial charge in [0.25, 0.3) is 0 Å². The molecular weight excluding hydrogens is 428 g/mol. The molecule has 3 N–H and O–H groups in total. The first kappa shape index (κ1) is 27.3. The number of unbranched alkanes of at least 4 members (excludes halogenated alkanes) is 1. The summed E-state index contributed by atoms with van der Waals surface area (Å²) in [7, 11) is 0. The van der Waals surface area contributed by atoms with Crippen LogP contribution < -0.4 is 5.73 Å². The van der Waals surface area contributed by atoms with Crippen molar-refractivity contribution in [3.8, 4) is 0 Å². The maximum atomic E-state index is 13.0. The van der Waals surface area contributed by atoms with Crippen LogP contribution in [0.3, 0.4) is 0 Å². The average molecular weight is 467 g/mol. The van der Waals surface area contributed by atoms with E-state index in [1.807, 2.05) is 25.1 Å². The number of carbonyl (C=O) groups excluding carboxylic acids is 2. The van der Waals surface area contributed by atoms with Gasteiger partial charge in [-0.2, -0.15) is 0 Å². The van der Waals surface area contributed by atoms with Gasteiger partial charge in [0.2, 0.25) is 5.78 Å². The molecule has 0 aromatic carbocycles. The number of aryl methyl sites for hydroxylation is 2. The first-order valence-corrected chi connectivity index (χ1v) is 11.7. The van der Waals surface area contributed by atoms with Crippen LogP contribution in [0.15, 0.2) is 24.4 Å². The van der Waals surface area contributed by atoms with Gasteiger partial charge < -0.3 is 10.8 Å². The number of carbonyl (C=O) groups is 2. The second-order valence-electron chi connectivity index (χ2n) is 10.8. The minimum Gasteiger partial charge on any atom is -0.395 e. The predicted molar refractivity (Wildman–Crippen MR) is 136 cm³/mol. The summed E-state index contributed by atoms with van der Waals surface area (Å²) >= 11 is 0. The SMILES string of the molecule is Cc1ccc(C=CC(O)CCCCc2nc(C(=O)C(C)(C)C)nc(C(=O)C(C)(C)C)c2N)cn1. The van der Waals surface area contributed by atoms with E-state index in [0.29, 0.717) is 25.0 Å². The lowest BCUT2D eigenvalue weighted by Crippen LogP contribution is -2.28. The highest BCUT2D eigenvalue weighted by Gasteiger charge is 2.31. The number of nitrogens with two attached hydrogens (primary N) is 1. The van der Waals surface area contributed by atoms with Gasteiger partial charge in [-0.25, -0.2) is 9.97 Å². The van der Waals surface area contributed by atoms with Gasteiger partial charge in [0.1, 0.15) is 5.69 Å². The predicted octanol–water partition coefficient (Wildman–Crippen LogP) is 5.01. The summed E-state index contributed by atoms with van der Waals surface area (Å²) in [6, 6.07) is 3.88. The normalized spacial score (nSPS) is 13.3. The van der Waals surface area contributed by atoms with E-state index in [2.05, 4.69) is 15.0 Å². The van der Waals surface area contributed by atoms with Crippen molar-refractivity contribution < 1.29 is 14.7 Å². The number of Topliss-reactive ketones (excluding diaryl/α,β-unsaturated/α-hetero) is 2. The summed E-state index contributed by atoms with van der Waals surface area (Å²) < 4.78 is 0. The minimum atomic E-state index is -0.689. The highest BCUT2D eigenvalue weighted by molar-refractivity contribution is 6.04. The number of rotatable bonds is 9. The zero-order valence-corrected chi connectivity index (χ0v) is 21.5. The topological polar surface area (TPSA) is 119 Å². The van der Waals surface area contributed by atoms with Crippen LogP contribution in [0.5, 0.6) is 0 Å². The summed E-state index contributed by atoms with van der Waals surface area (Å²) in [6.45, 7) is 12.7. The monoisotopic (exact) mass is 466 g/mol. The Morgan fingerprint density at radius 2 is 1.68 bits per heavy atom. The van der Waals surface area contributed by atoms with Crippen LogP contribution in [0.4, 0.5) is 5.69 Å². The fraction of sp³-hybridized carbons (Fsp3) is 0.519. The van der Waals surface area contributed by atoms with Gasteiger partial charge in [0.15, 0.2) is 11.6 Å². The van der Waals surface area contributed by atoms with Gasteiger partial charge in [-0.05, 0) is 37.8 Å². The molecule has 1 unspecified atom stereocenters. The fourth-order valence-corrected chi connectivity index (χ4v) is 3.21. The molecule has 2 aromatic rings. The van der Waals surface area contributed by atoms with Crippen LogP contribution in [0.25, 0.3) is 6.08 Å². The number of pyridine rings is 1. The molecule has 0 aliphatic rings. The molecule has 2 aromatic heterocycles. The van der Waals surface area contributed by atoms with E-state index >= 15 is 0 Å². The van der Waals surface area contributed by atoms with E-state index in [1.165, 1.54) is 0 Å². The molecule has 0 amide bonds. The Kier molecular flexibility index (Phi) is 8.83. The van der Waals surface area contributed by atoms with Gasteiger partial charge in [-0.3, -0.25) is 14.6 Å². The molecule has 7 heteroatoms. The van der Waals surface area contributed by atoms with Crippen molar-refractivity contribution in [2.24, 2.45) is 10.8 Å². The Balaban J connectivity index is 2.12. The van der Waals surface area contributed by atoms with Crippen LogP contribution in [0.1, 0.15) is 98.9 Å². The third-order valence-electron chi connectivity index (χ3n) is 5.41. The molecule has 0 bridgehead atoms. The lowest BCUT2D eigenvalue weighted by molar-refractivity contribution is 0.0840. The number of ketones is 2. The van der Waals surface area contributed by atoms with Crippen LogP contribution in [-0.2, 0) is 6.42 Å². The standard InChI is InChI=1S/C27H38N4O3/c1-17-12-13-18(16-29-17)14-15-19(32)10-8-9-11-20-21(28)22(23(33)26(2,3)4)31-25(30-20)24(34)27(5,6)7/h12-16,19,32H,8-11,28H2,1-7H3. The summed E-state index contributed by atoms with van der Waals surface area (Å²) in [6.07, 6.45) is 7.28. The van der Waals surface area contributed by atoms with Crippen molar-refractivity contribution in [2.75, 3.05) is 5.73 Å². The molecule has 7 nitrogen and oxygen atoms in total. The second-order valence-corrected chi connectivity index (χ2v) is 10.8. The zero-order chi connectivity index (χ0) is 25.7. The highest BCUT2D eigenvalue weighted by Crippen LogP contribution is 2.27. The Morgan fingerprint density at radius 1 is 1.03 bits per heavy atom. The van der Waals surface area contributed by atoms with Crippen molar-refractivity contribution in [1.29, 1.82) is 0 Å². The largest absolute Gasteiger partial charge is 0.395 e. The first-order chi connectivity index (χ1) is 15.7. The lowest BCUT2D eigenvalue weighted by Gasteiger charge is -2.21. The van der Waals surface area contributed by atoms with Crippen LogP contribution in [0.2, 0.25) is 0 Å². The van der Waals surface area contributed by atoms with Gasteiger partial charge in [0, 0.05) is 22.7 Å². The molecule has 0 spiro atoms. The molecule has 0 saturated carbocycles. The van der Waals surface area contributed by atoms with E-state index in [1.54, 1.807) is 53.8 Å². The fourth-order valence-electron chi connectivity index (χ4n) is 3.21. The molecule has 2 heterocycles. The van der Waals surface area contributed by atoms with Gasteiger partial charge >= 0.3 is 0 Å². The Bertz CT molecular complexity index is 1050. The Morgan fingerprint density at radius 3 is 2.24 bits per heavy atom. The molecule has 34 heavy (non-hydrogen) atoms. The number of aromatic nitrogens is 3. The second kappa shape index (κ2) is 11.0. The lowest BCUT2D eigenvalue weighted by atomic mass is 9.87. The molecule has 0 radical (unpaired) electrons. The summed E-state index contributed by atoms with van der Waals surface area (Å²) in [5.41, 5.74) is 7.66. The molecule has 0 aliphatic heterocycles. The number of aliphatic hydroxyl groups excluding tert-OH is 1. The number of hydrogen-bond donors (Lipinski definition) is 2. The van der Waals surface area contributed by atoms with Crippen LogP contribution in [0, 0.1) is 17.8 Å². The molecule has 0 aliphatic carbocycles. The first-order valence-electron chi connectivity index (χ1n) is 11.7. The van der Waals surface area contributed by atoms with Crippen molar-refractivity contribution in [3.63, 3.8) is 0 Å². The third-order valence-corrected chi connectivity index (χ3v) is 5.41. The number of anilines is 1. The quantitative estimate of drug-likeness (QED) is 0.394. The van der Waals surface area contributed by atoms with Crippen molar-refractivity contribution in [1.82, 2.24) is 15.0 Å². The summed E-state index contributed by atoms with van der Waals surface area (Å²) in [5.74, 6) is -0.426. The Labute approximate surface area is 202 Å². The van der Waals surface area contributed by atoms with Gasteiger partial charge in [-0.1, -0.05) is 66.2 Å². The number of hydrogen-bond acceptors (Lipinski definition) is 7.